The normalized spacial score (nSPS) is 14.3. The molecule has 0 saturated carbocycles. The Labute approximate surface area is 250 Å². The van der Waals surface area contributed by atoms with E-state index in [-0.39, 0.29) is 30.8 Å². The first kappa shape index (κ1) is 31.7. The molecule has 2 aromatic heterocycles. The number of benzene rings is 2. The van der Waals surface area contributed by atoms with Gasteiger partial charge in [0, 0.05) is 17.0 Å². The number of halogens is 1. The van der Waals surface area contributed by atoms with Crippen LogP contribution in [0.4, 0.5) is 5.82 Å². The molecule has 4 rings (SSSR count). The van der Waals surface area contributed by atoms with Gasteiger partial charge in [-0.05, 0) is 71.9 Å². The van der Waals surface area contributed by atoms with Crippen molar-refractivity contribution in [2.24, 2.45) is 0 Å². The van der Waals surface area contributed by atoms with Gasteiger partial charge in [0.15, 0.2) is 5.82 Å². The van der Waals surface area contributed by atoms with Gasteiger partial charge in [-0.3, -0.25) is 9.32 Å². The number of pyridine rings is 1. The smallest absolute Gasteiger partial charge is 0.460 e. The van der Waals surface area contributed by atoms with Crippen molar-refractivity contribution in [2.75, 3.05) is 12.3 Å². The summed E-state index contributed by atoms with van der Waals surface area (Å²) in [4.78, 5) is 21.9. The zero-order valence-corrected chi connectivity index (χ0v) is 26.2. The van der Waals surface area contributed by atoms with Crippen molar-refractivity contribution < 1.29 is 27.9 Å². The van der Waals surface area contributed by atoms with Crippen molar-refractivity contribution in [2.45, 2.75) is 72.4 Å². The number of aromatic nitrogens is 3. The summed E-state index contributed by atoms with van der Waals surface area (Å²) < 4.78 is 39.4. The monoisotopic (exact) mass is 617 g/mol. The molecule has 0 bridgehead atoms. The SMILES string of the molecule is CCOCc1nc2c(N)nc3ccccc3c2n1CC(C)(C)OP(=O)(N[C@@H](C)C(=O)OC(C)C)Oc1ccc(Cl)cc1. The number of hydrogen-bond donors (Lipinski definition) is 2. The molecule has 42 heavy (non-hydrogen) atoms. The van der Waals surface area contributed by atoms with Crippen LogP contribution >= 0.6 is 19.3 Å². The quantitative estimate of drug-likeness (QED) is 0.130. The number of imidazole rings is 1. The van der Waals surface area contributed by atoms with E-state index < -0.39 is 25.4 Å². The standard InChI is InChI=1S/C29H37ClN5O6P/c1-7-38-16-24-33-25-26(22-10-8-9-11-23(22)32-27(25)31)35(24)17-29(5,6)41-42(37,34-19(4)28(36)39-18(2)3)40-21-14-12-20(30)13-15-21/h8-15,18-19H,7,16-17H2,1-6H3,(H2,31,32)(H,34,37)/t19-,42?/m0/s1. The zero-order valence-electron chi connectivity index (χ0n) is 24.6. The molecular formula is C29H37ClN5O6P. The molecule has 0 fully saturated rings. The highest BCUT2D eigenvalue weighted by Crippen LogP contribution is 2.49. The van der Waals surface area contributed by atoms with Crippen LogP contribution in [0.5, 0.6) is 5.75 Å². The topological polar surface area (TPSA) is 140 Å². The number of para-hydroxylation sites is 1. The molecule has 1 unspecified atom stereocenters. The van der Waals surface area contributed by atoms with Crippen LogP contribution in [-0.4, -0.2) is 44.9 Å². The molecule has 0 amide bonds. The van der Waals surface area contributed by atoms with Gasteiger partial charge in [-0.2, -0.15) is 5.09 Å². The third-order valence-corrected chi connectivity index (χ3v) is 8.27. The zero-order chi connectivity index (χ0) is 30.7. The second-order valence-electron chi connectivity index (χ2n) is 10.7. The van der Waals surface area contributed by atoms with E-state index in [1.54, 1.807) is 52.0 Å². The van der Waals surface area contributed by atoms with E-state index in [4.69, 9.17) is 40.8 Å². The lowest BCUT2D eigenvalue weighted by Gasteiger charge is -2.32. The Balaban J connectivity index is 1.74. The number of carbonyl (C=O) groups is 1. The number of esters is 1. The Morgan fingerprint density at radius 1 is 1.12 bits per heavy atom. The van der Waals surface area contributed by atoms with E-state index >= 15 is 0 Å². The fourth-order valence-corrected chi connectivity index (χ4v) is 6.40. The van der Waals surface area contributed by atoms with Crippen LogP contribution in [0.15, 0.2) is 48.5 Å². The van der Waals surface area contributed by atoms with Crippen molar-refractivity contribution >= 4 is 53.1 Å². The summed E-state index contributed by atoms with van der Waals surface area (Å²) in [6.07, 6.45) is -0.356. The lowest BCUT2D eigenvalue weighted by atomic mass is 10.1. The summed E-state index contributed by atoms with van der Waals surface area (Å²) in [6.45, 7) is 11.3. The Morgan fingerprint density at radius 3 is 2.48 bits per heavy atom. The van der Waals surface area contributed by atoms with Gasteiger partial charge in [0.25, 0.3) is 0 Å². The van der Waals surface area contributed by atoms with Crippen LogP contribution in [0.3, 0.4) is 0 Å². The van der Waals surface area contributed by atoms with Gasteiger partial charge in [0.1, 0.15) is 29.7 Å². The van der Waals surface area contributed by atoms with Crippen molar-refractivity contribution in [3.63, 3.8) is 0 Å². The van der Waals surface area contributed by atoms with Crippen LogP contribution in [0.25, 0.3) is 21.9 Å². The highest BCUT2D eigenvalue weighted by atomic mass is 35.5. The molecule has 226 valence electrons. The number of nitrogens with one attached hydrogen (secondary N) is 1. The highest BCUT2D eigenvalue weighted by Gasteiger charge is 2.39. The van der Waals surface area contributed by atoms with Gasteiger partial charge in [-0.15, -0.1) is 0 Å². The number of nitrogens with zero attached hydrogens (tertiary/aromatic N) is 3. The van der Waals surface area contributed by atoms with Crippen molar-refractivity contribution in [3.8, 4) is 5.75 Å². The fourth-order valence-electron chi connectivity index (χ4n) is 4.44. The van der Waals surface area contributed by atoms with Crippen LogP contribution in [0.1, 0.15) is 47.4 Å². The van der Waals surface area contributed by atoms with Crippen LogP contribution < -0.4 is 15.3 Å². The molecule has 13 heteroatoms. The predicted molar refractivity (Wildman–Crippen MR) is 163 cm³/mol. The van der Waals surface area contributed by atoms with Gasteiger partial charge in [0.2, 0.25) is 0 Å². The maximum atomic E-state index is 14.3. The average Bonchev–Trinajstić information content (AvgIpc) is 3.26. The number of carbonyl (C=O) groups excluding carboxylic acids is 1. The van der Waals surface area contributed by atoms with Crippen LogP contribution in [-0.2, 0) is 36.5 Å². The summed E-state index contributed by atoms with van der Waals surface area (Å²) in [5, 5.41) is 4.07. The Bertz CT molecular complexity index is 1610. The molecule has 0 radical (unpaired) electrons. The minimum absolute atomic E-state index is 0.180. The van der Waals surface area contributed by atoms with Crippen molar-refractivity contribution in [3.05, 3.63) is 59.4 Å². The predicted octanol–water partition coefficient (Wildman–Crippen LogP) is 6.27. The number of hydrogen-bond acceptors (Lipinski definition) is 9. The van der Waals surface area contributed by atoms with E-state index in [1.165, 1.54) is 6.92 Å². The minimum atomic E-state index is -4.20. The van der Waals surface area contributed by atoms with E-state index in [0.29, 0.717) is 28.5 Å². The molecule has 4 aromatic rings. The van der Waals surface area contributed by atoms with E-state index in [1.807, 2.05) is 35.8 Å². The van der Waals surface area contributed by atoms with E-state index in [0.717, 1.165) is 10.9 Å². The third kappa shape index (κ3) is 7.59. The van der Waals surface area contributed by atoms with E-state index in [2.05, 4.69) is 10.1 Å². The van der Waals surface area contributed by atoms with Crippen molar-refractivity contribution in [1.29, 1.82) is 0 Å². The molecule has 0 aliphatic heterocycles. The number of nitrogen functional groups attached to an aromatic ring is 1. The van der Waals surface area contributed by atoms with Gasteiger partial charge in [0.05, 0.1) is 29.3 Å². The second-order valence-corrected chi connectivity index (χ2v) is 12.7. The molecule has 0 aliphatic carbocycles. The number of fused-ring (bicyclic) bond motifs is 3. The number of ether oxygens (including phenoxy) is 2. The molecule has 2 atom stereocenters. The molecule has 11 nitrogen and oxygen atoms in total. The van der Waals surface area contributed by atoms with Crippen LogP contribution in [0, 0.1) is 0 Å². The fraction of sp³-hybridized carbons (Fsp3) is 0.414. The first-order valence-corrected chi connectivity index (χ1v) is 15.6. The Kier molecular flexibility index (Phi) is 9.80. The third-order valence-electron chi connectivity index (χ3n) is 6.13. The van der Waals surface area contributed by atoms with Crippen LogP contribution in [0.2, 0.25) is 5.02 Å². The number of rotatable bonds is 13. The Morgan fingerprint density at radius 2 is 1.81 bits per heavy atom. The highest BCUT2D eigenvalue weighted by molar-refractivity contribution is 7.52. The molecule has 2 heterocycles. The molecule has 0 saturated heterocycles. The lowest BCUT2D eigenvalue weighted by Crippen LogP contribution is -2.39. The first-order chi connectivity index (χ1) is 19.8. The number of anilines is 1. The largest absolute Gasteiger partial charge is 0.462 e. The first-order valence-electron chi connectivity index (χ1n) is 13.7. The minimum Gasteiger partial charge on any atom is -0.462 e. The summed E-state index contributed by atoms with van der Waals surface area (Å²) in [5.41, 5.74) is 7.18. The van der Waals surface area contributed by atoms with Gasteiger partial charge in [-0.25, -0.2) is 14.5 Å². The summed E-state index contributed by atoms with van der Waals surface area (Å²) >= 11 is 6.03. The maximum Gasteiger partial charge on any atom is 0.460 e. The summed E-state index contributed by atoms with van der Waals surface area (Å²) in [5.74, 6) is 0.532. The molecule has 0 spiro atoms. The maximum absolute atomic E-state index is 14.3. The van der Waals surface area contributed by atoms with Gasteiger partial charge < -0.3 is 24.3 Å². The molecule has 0 aliphatic rings. The second kappa shape index (κ2) is 13.0. The molecule has 3 N–H and O–H groups in total. The Hall–Kier alpha value is -3.21. The summed E-state index contributed by atoms with van der Waals surface area (Å²) in [6, 6.07) is 13.0. The molecule has 2 aromatic carbocycles. The summed E-state index contributed by atoms with van der Waals surface area (Å²) in [7, 11) is -4.20. The van der Waals surface area contributed by atoms with E-state index in [9.17, 15) is 9.36 Å². The van der Waals surface area contributed by atoms with Gasteiger partial charge >= 0.3 is 13.7 Å². The lowest BCUT2D eigenvalue weighted by molar-refractivity contribution is -0.149. The molecular weight excluding hydrogens is 581 g/mol. The van der Waals surface area contributed by atoms with Gasteiger partial charge in [-0.1, -0.05) is 29.8 Å². The number of nitrogens with two attached hydrogens (primary N) is 1. The van der Waals surface area contributed by atoms with Crippen molar-refractivity contribution in [1.82, 2.24) is 19.6 Å². The average molecular weight is 618 g/mol.